The Balaban J connectivity index is 0.000000255. The van der Waals surface area contributed by atoms with Crippen LogP contribution in [0.15, 0.2) is 60.4 Å². The summed E-state index contributed by atoms with van der Waals surface area (Å²) in [4.78, 5) is 35.9. The van der Waals surface area contributed by atoms with E-state index in [1.165, 1.54) is 16.0 Å². The largest absolute Gasteiger partial charge is 0.480 e. The maximum absolute atomic E-state index is 10.4. The molecular formula is C21H28N6O6S. The van der Waals surface area contributed by atoms with Crippen molar-refractivity contribution in [1.82, 2.24) is 14.8 Å². The summed E-state index contributed by atoms with van der Waals surface area (Å²) in [5.74, 6) is -2.96. The predicted octanol–water partition coefficient (Wildman–Crippen LogP) is 0.0335. The molecule has 0 saturated heterocycles. The molecule has 3 aromatic rings. The predicted molar refractivity (Wildman–Crippen MR) is 125 cm³/mol. The SMILES string of the molecule is N[C@@H](Cc1ccccn1)C(=O)O.N[C@@H](Cc1cccs1)C(=O)O.N[C@@H](Cn1cccn1)C(=O)O. The van der Waals surface area contributed by atoms with Gasteiger partial charge in [-0.15, -0.1) is 11.3 Å². The Kier molecular flexibility index (Phi) is 12.7. The third-order valence-electron chi connectivity index (χ3n) is 4.05. The first-order valence-corrected chi connectivity index (χ1v) is 10.8. The van der Waals surface area contributed by atoms with Gasteiger partial charge in [-0.25, -0.2) is 0 Å². The van der Waals surface area contributed by atoms with Gasteiger partial charge in [-0.1, -0.05) is 12.1 Å². The number of nitrogens with two attached hydrogens (primary N) is 3. The van der Waals surface area contributed by atoms with Gasteiger partial charge < -0.3 is 32.5 Å². The lowest BCUT2D eigenvalue weighted by Crippen LogP contribution is -2.34. The summed E-state index contributed by atoms with van der Waals surface area (Å²) >= 11 is 1.53. The molecule has 3 aromatic heterocycles. The number of carboxylic acids is 3. The highest BCUT2D eigenvalue weighted by Crippen LogP contribution is 2.10. The van der Waals surface area contributed by atoms with Gasteiger partial charge in [0.15, 0.2) is 0 Å². The Hall–Kier alpha value is -3.65. The molecule has 184 valence electrons. The first-order valence-electron chi connectivity index (χ1n) is 9.95. The van der Waals surface area contributed by atoms with Crippen LogP contribution >= 0.6 is 11.3 Å². The van der Waals surface area contributed by atoms with Crippen LogP contribution in [0.4, 0.5) is 0 Å². The Morgan fingerprint density at radius 2 is 1.50 bits per heavy atom. The molecule has 0 aliphatic rings. The van der Waals surface area contributed by atoms with E-state index in [1.54, 1.807) is 42.9 Å². The molecule has 0 spiro atoms. The molecule has 0 amide bonds. The van der Waals surface area contributed by atoms with Crippen LogP contribution in [0, 0.1) is 0 Å². The first kappa shape index (κ1) is 28.4. The number of thiophene rings is 1. The molecule has 9 N–H and O–H groups in total. The number of aliphatic carboxylic acids is 3. The fourth-order valence-electron chi connectivity index (χ4n) is 2.25. The summed E-state index contributed by atoms with van der Waals surface area (Å²) in [5, 5.41) is 31.1. The molecule has 0 fully saturated rings. The van der Waals surface area contributed by atoms with E-state index in [-0.39, 0.29) is 13.0 Å². The van der Waals surface area contributed by atoms with Gasteiger partial charge in [0.1, 0.15) is 18.1 Å². The van der Waals surface area contributed by atoms with E-state index >= 15 is 0 Å². The summed E-state index contributed by atoms with van der Waals surface area (Å²) < 4.78 is 1.48. The van der Waals surface area contributed by atoms with Crippen LogP contribution in [0.3, 0.4) is 0 Å². The molecule has 0 radical (unpaired) electrons. The van der Waals surface area contributed by atoms with Crippen molar-refractivity contribution in [3.63, 3.8) is 0 Å². The second kappa shape index (κ2) is 15.2. The number of pyridine rings is 1. The number of carboxylic acid groups (broad SMARTS) is 3. The summed E-state index contributed by atoms with van der Waals surface area (Å²) in [7, 11) is 0. The van der Waals surface area contributed by atoms with Crippen molar-refractivity contribution < 1.29 is 29.7 Å². The van der Waals surface area contributed by atoms with Crippen molar-refractivity contribution in [1.29, 1.82) is 0 Å². The monoisotopic (exact) mass is 492 g/mol. The molecule has 12 nitrogen and oxygen atoms in total. The molecule has 13 heteroatoms. The van der Waals surface area contributed by atoms with E-state index in [0.717, 1.165) is 4.88 Å². The fraction of sp³-hybridized carbons (Fsp3) is 0.286. The van der Waals surface area contributed by atoms with E-state index in [4.69, 9.17) is 32.5 Å². The second-order valence-electron chi connectivity index (χ2n) is 6.87. The second-order valence-corrected chi connectivity index (χ2v) is 7.90. The highest BCUT2D eigenvalue weighted by atomic mass is 32.1. The van der Waals surface area contributed by atoms with Gasteiger partial charge in [-0.2, -0.15) is 5.10 Å². The van der Waals surface area contributed by atoms with Gasteiger partial charge in [0.25, 0.3) is 0 Å². The van der Waals surface area contributed by atoms with E-state index in [0.29, 0.717) is 12.1 Å². The van der Waals surface area contributed by atoms with E-state index in [1.807, 2.05) is 17.5 Å². The highest BCUT2D eigenvalue weighted by Gasteiger charge is 2.13. The molecule has 3 atom stereocenters. The Bertz CT molecular complexity index is 932. The van der Waals surface area contributed by atoms with Crippen LogP contribution in [0.5, 0.6) is 0 Å². The van der Waals surface area contributed by atoms with Crippen molar-refractivity contribution in [2.75, 3.05) is 0 Å². The van der Waals surface area contributed by atoms with Gasteiger partial charge >= 0.3 is 17.9 Å². The average Bonchev–Trinajstić information content (AvgIpc) is 3.49. The number of nitrogens with zero attached hydrogens (tertiary/aromatic N) is 3. The number of hydrogen-bond acceptors (Lipinski definition) is 9. The fourth-order valence-corrected chi connectivity index (χ4v) is 3.02. The lowest BCUT2D eigenvalue weighted by molar-refractivity contribution is -0.139. The molecule has 0 aliphatic heterocycles. The first-order chi connectivity index (χ1) is 16.1. The van der Waals surface area contributed by atoms with Crippen molar-refractivity contribution in [3.8, 4) is 0 Å². The number of aromatic nitrogens is 3. The lowest BCUT2D eigenvalue weighted by Gasteiger charge is -2.04. The highest BCUT2D eigenvalue weighted by molar-refractivity contribution is 7.09. The lowest BCUT2D eigenvalue weighted by atomic mass is 10.1. The normalized spacial score (nSPS) is 12.7. The molecule has 0 saturated carbocycles. The number of hydrogen-bond donors (Lipinski definition) is 6. The standard InChI is InChI=1S/C8H10N2O2.C7H9NO2S.C6H9N3O2/c9-7(8(11)12)5-6-3-1-2-4-10-6;8-6(7(9)10)4-5-2-1-3-11-5;7-5(6(10)11)4-9-3-1-2-8-9/h1-4,7H,5,9H2,(H,11,12);1-3,6H,4,8H2,(H,9,10);1-3,5H,4,7H2,(H,10,11)/t7-;6-;5-/m000/s1. The van der Waals surface area contributed by atoms with E-state index in [9.17, 15) is 14.4 Å². The zero-order chi connectivity index (χ0) is 25.5. The minimum atomic E-state index is -1.01. The Morgan fingerprint density at radius 1 is 0.853 bits per heavy atom. The van der Waals surface area contributed by atoms with Crippen LogP contribution < -0.4 is 17.2 Å². The van der Waals surface area contributed by atoms with Gasteiger partial charge in [0, 0.05) is 42.0 Å². The molecule has 0 aliphatic carbocycles. The average molecular weight is 493 g/mol. The Morgan fingerprint density at radius 3 is 1.97 bits per heavy atom. The van der Waals surface area contributed by atoms with Gasteiger partial charge in [-0.3, -0.25) is 24.0 Å². The van der Waals surface area contributed by atoms with Gasteiger partial charge in [0.05, 0.1) is 6.54 Å². The van der Waals surface area contributed by atoms with Crippen molar-refractivity contribution in [2.24, 2.45) is 17.2 Å². The van der Waals surface area contributed by atoms with Crippen LogP contribution in [-0.2, 0) is 33.8 Å². The molecule has 0 bridgehead atoms. The molecule has 0 unspecified atom stereocenters. The summed E-state index contributed by atoms with van der Waals surface area (Å²) in [5.41, 5.74) is 16.6. The third kappa shape index (κ3) is 11.8. The maximum atomic E-state index is 10.4. The quantitative estimate of drug-likeness (QED) is 0.234. The Labute approximate surface area is 199 Å². The van der Waals surface area contributed by atoms with Crippen LogP contribution in [0.1, 0.15) is 10.6 Å². The zero-order valence-electron chi connectivity index (χ0n) is 18.2. The topological polar surface area (TPSA) is 221 Å². The van der Waals surface area contributed by atoms with Crippen LogP contribution in [0.2, 0.25) is 0 Å². The minimum Gasteiger partial charge on any atom is -0.480 e. The summed E-state index contributed by atoms with van der Waals surface area (Å²) in [6, 6.07) is 8.30. The van der Waals surface area contributed by atoms with Crippen molar-refractivity contribution in [3.05, 3.63) is 70.9 Å². The van der Waals surface area contributed by atoms with Crippen molar-refractivity contribution >= 4 is 29.2 Å². The molecule has 3 heterocycles. The third-order valence-corrected chi connectivity index (χ3v) is 4.95. The maximum Gasteiger partial charge on any atom is 0.322 e. The van der Waals surface area contributed by atoms with Crippen LogP contribution in [-0.4, -0.2) is 66.1 Å². The molecule has 3 rings (SSSR count). The van der Waals surface area contributed by atoms with E-state index in [2.05, 4.69) is 10.1 Å². The summed E-state index contributed by atoms with van der Waals surface area (Å²) in [6.07, 6.45) is 5.56. The smallest absolute Gasteiger partial charge is 0.322 e. The summed E-state index contributed by atoms with van der Waals surface area (Å²) in [6.45, 7) is 0.211. The molecular weight excluding hydrogens is 464 g/mol. The van der Waals surface area contributed by atoms with Crippen molar-refractivity contribution in [2.45, 2.75) is 37.5 Å². The van der Waals surface area contributed by atoms with Gasteiger partial charge in [-0.05, 0) is 29.6 Å². The molecule has 0 aromatic carbocycles. The number of rotatable bonds is 9. The molecule has 34 heavy (non-hydrogen) atoms. The van der Waals surface area contributed by atoms with Crippen LogP contribution in [0.25, 0.3) is 0 Å². The zero-order valence-corrected chi connectivity index (χ0v) is 19.0. The minimum absolute atomic E-state index is 0.211. The van der Waals surface area contributed by atoms with Gasteiger partial charge in [0.2, 0.25) is 0 Å². The number of carbonyl (C=O) groups is 3. The van der Waals surface area contributed by atoms with E-state index < -0.39 is 36.0 Å².